The monoisotopic (exact) mass is 228 g/mol. The number of hydrogen-bond acceptors (Lipinski definition) is 2. The van der Waals surface area contributed by atoms with E-state index in [9.17, 15) is 4.79 Å². The van der Waals surface area contributed by atoms with Crippen LogP contribution in [-0.2, 0) is 6.54 Å². The molecule has 0 spiro atoms. The van der Waals surface area contributed by atoms with Gasteiger partial charge in [0.05, 0.1) is 0 Å². The molecule has 88 valence electrons. The maximum absolute atomic E-state index is 12.3. The molecule has 1 heterocycles. The number of aromatic nitrogens is 2. The third-order valence-corrected chi connectivity index (χ3v) is 2.70. The number of nitrogens with zero attached hydrogens (tertiary/aromatic N) is 2. The summed E-state index contributed by atoms with van der Waals surface area (Å²) in [6.45, 7) is 4.86. The van der Waals surface area contributed by atoms with Crippen LogP contribution in [0.15, 0.2) is 36.5 Å². The van der Waals surface area contributed by atoms with Crippen LogP contribution in [0, 0.1) is 6.92 Å². The lowest BCUT2D eigenvalue weighted by Gasteiger charge is -2.05. The topological polar surface area (TPSA) is 34.9 Å². The van der Waals surface area contributed by atoms with E-state index in [1.165, 1.54) is 0 Å². The lowest BCUT2D eigenvalue weighted by atomic mass is 10.1. The maximum Gasteiger partial charge on any atom is 0.211 e. The predicted octanol–water partition coefficient (Wildman–Crippen LogP) is 2.83. The van der Waals surface area contributed by atoms with Gasteiger partial charge in [0, 0.05) is 18.3 Å². The normalized spacial score (nSPS) is 10.5. The van der Waals surface area contributed by atoms with Crippen LogP contribution in [0.5, 0.6) is 0 Å². The van der Waals surface area contributed by atoms with E-state index in [1.807, 2.05) is 31.2 Å². The Hall–Kier alpha value is -1.90. The summed E-state index contributed by atoms with van der Waals surface area (Å²) < 4.78 is 1.77. The molecular weight excluding hydrogens is 212 g/mol. The Morgan fingerprint density at radius 2 is 1.94 bits per heavy atom. The van der Waals surface area contributed by atoms with Crippen molar-refractivity contribution in [1.82, 2.24) is 9.78 Å². The van der Waals surface area contributed by atoms with Crippen LogP contribution in [0.25, 0.3) is 0 Å². The first-order chi connectivity index (χ1) is 8.22. The fourth-order valence-electron chi connectivity index (χ4n) is 1.77. The summed E-state index contributed by atoms with van der Waals surface area (Å²) in [6, 6.07) is 9.40. The first-order valence-electron chi connectivity index (χ1n) is 5.85. The Bertz CT molecular complexity index is 511. The highest BCUT2D eigenvalue weighted by molar-refractivity contribution is 6.07. The van der Waals surface area contributed by atoms with Crippen molar-refractivity contribution in [2.75, 3.05) is 0 Å². The molecule has 0 amide bonds. The lowest BCUT2D eigenvalue weighted by molar-refractivity contribution is 0.102. The van der Waals surface area contributed by atoms with Gasteiger partial charge in [-0.1, -0.05) is 36.8 Å². The minimum atomic E-state index is 0.0379. The summed E-state index contributed by atoms with van der Waals surface area (Å²) in [7, 11) is 0. The standard InChI is InChI=1S/C14H16N2O/c1-3-10-16-13(8-9-15-16)14(17)12-6-4-11(2)5-7-12/h4-9H,3,10H2,1-2H3. The lowest BCUT2D eigenvalue weighted by Crippen LogP contribution is -2.11. The van der Waals surface area contributed by atoms with E-state index in [-0.39, 0.29) is 5.78 Å². The van der Waals surface area contributed by atoms with Crippen molar-refractivity contribution >= 4 is 5.78 Å². The van der Waals surface area contributed by atoms with Crippen LogP contribution in [-0.4, -0.2) is 15.6 Å². The molecule has 17 heavy (non-hydrogen) atoms. The van der Waals surface area contributed by atoms with Gasteiger partial charge >= 0.3 is 0 Å². The number of rotatable bonds is 4. The van der Waals surface area contributed by atoms with Gasteiger partial charge in [0.15, 0.2) is 0 Å². The van der Waals surface area contributed by atoms with Crippen LogP contribution in [0.2, 0.25) is 0 Å². The Morgan fingerprint density at radius 1 is 1.24 bits per heavy atom. The first-order valence-corrected chi connectivity index (χ1v) is 5.85. The molecule has 2 aromatic rings. The summed E-state index contributed by atoms with van der Waals surface area (Å²) in [4.78, 5) is 12.3. The van der Waals surface area contributed by atoms with Gasteiger partial charge in [-0.2, -0.15) is 5.10 Å². The van der Waals surface area contributed by atoms with E-state index in [1.54, 1.807) is 16.9 Å². The Labute approximate surface area is 101 Å². The molecule has 0 radical (unpaired) electrons. The third-order valence-electron chi connectivity index (χ3n) is 2.70. The van der Waals surface area contributed by atoms with E-state index >= 15 is 0 Å². The quantitative estimate of drug-likeness (QED) is 0.754. The fourth-order valence-corrected chi connectivity index (χ4v) is 1.77. The highest BCUT2D eigenvalue weighted by Gasteiger charge is 2.13. The van der Waals surface area contributed by atoms with Crippen molar-refractivity contribution < 1.29 is 4.79 Å². The number of carbonyl (C=O) groups is 1. The highest BCUT2D eigenvalue weighted by Crippen LogP contribution is 2.11. The summed E-state index contributed by atoms with van der Waals surface area (Å²) in [5.74, 6) is 0.0379. The van der Waals surface area contributed by atoms with Crippen LogP contribution < -0.4 is 0 Å². The number of carbonyl (C=O) groups excluding carboxylic acids is 1. The molecule has 0 aliphatic heterocycles. The largest absolute Gasteiger partial charge is 0.287 e. The Morgan fingerprint density at radius 3 is 2.59 bits per heavy atom. The molecule has 0 atom stereocenters. The summed E-state index contributed by atoms with van der Waals surface area (Å²) in [6.07, 6.45) is 2.65. The molecule has 2 rings (SSSR count). The van der Waals surface area contributed by atoms with Gasteiger partial charge in [-0.3, -0.25) is 9.48 Å². The smallest absolute Gasteiger partial charge is 0.211 e. The number of aryl methyl sites for hydroxylation is 2. The second-order valence-electron chi connectivity index (χ2n) is 4.13. The molecule has 0 saturated heterocycles. The molecule has 0 unspecified atom stereocenters. The molecule has 0 bridgehead atoms. The molecule has 3 heteroatoms. The number of ketones is 1. The van der Waals surface area contributed by atoms with Crippen LogP contribution in [0.1, 0.15) is 35.0 Å². The van der Waals surface area contributed by atoms with E-state index in [4.69, 9.17) is 0 Å². The summed E-state index contributed by atoms with van der Waals surface area (Å²) in [5.41, 5.74) is 2.53. The molecule has 1 aromatic carbocycles. The van der Waals surface area contributed by atoms with Gasteiger partial charge in [0.25, 0.3) is 0 Å². The van der Waals surface area contributed by atoms with Crippen molar-refractivity contribution in [3.05, 3.63) is 53.3 Å². The zero-order valence-electron chi connectivity index (χ0n) is 10.2. The van der Waals surface area contributed by atoms with Gasteiger partial charge in [-0.15, -0.1) is 0 Å². The molecule has 0 aliphatic rings. The maximum atomic E-state index is 12.3. The van der Waals surface area contributed by atoms with E-state index in [0.717, 1.165) is 18.5 Å². The van der Waals surface area contributed by atoms with Crippen LogP contribution in [0.4, 0.5) is 0 Å². The predicted molar refractivity (Wildman–Crippen MR) is 67.1 cm³/mol. The first kappa shape index (κ1) is 11.6. The number of hydrogen-bond donors (Lipinski definition) is 0. The molecule has 3 nitrogen and oxygen atoms in total. The second kappa shape index (κ2) is 4.95. The zero-order valence-corrected chi connectivity index (χ0v) is 10.2. The highest BCUT2D eigenvalue weighted by atomic mass is 16.1. The third kappa shape index (κ3) is 2.44. The zero-order chi connectivity index (χ0) is 12.3. The van der Waals surface area contributed by atoms with Gasteiger partial charge in [-0.25, -0.2) is 0 Å². The minimum absolute atomic E-state index is 0.0379. The van der Waals surface area contributed by atoms with Crippen molar-refractivity contribution in [3.8, 4) is 0 Å². The minimum Gasteiger partial charge on any atom is -0.287 e. The van der Waals surface area contributed by atoms with E-state index in [0.29, 0.717) is 11.3 Å². The van der Waals surface area contributed by atoms with Crippen molar-refractivity contribution in [1.29, 1.82) is 0 Å². The molecule has 0 N–H and O–H groups in total. The van der Waals surface area contributed by atoms with Gasteiger partial charge in [-0.05, 0) is 19.4 Å². The number of benzene rings is 1. The van der Waals surface area contributed by atoms with Gasteiger partial charge < -0.3 is 0 Å². The van der Waals surface area contributed by atoms with Gasteiger partial charge in [0.1, 0.15) is 5.69 Å². The van der Waals surface area contributed by atoms with Crippen LogP contribution >= 0.6 is 0 Å². The second-order valence-corrected chi connectivity index (χ2v) is 4.13. The molecule has 0 saturated carbocycles. The van der Waals surface area contributed by atoms with Gasteiger partial charge in [0.2, 0.25) is 5.78 Å². The molecular formula is C14H16N2O. The van der Waals surface area contributed by atoms with Crippen molar-refractivity contribution in [2.24, 2.45) is 0 Å². The fraction of sp³-hybridized carbons (Fsp3) is 0.286. The summed E-state index contributed by atoms with van der Waals surface area (Å²) in [5, 5.41) is 4.17. The van der Waals surface area contributed by atoms with E-state index in [2.05, 4.69) is 12.0 Å². The average molecular weight is 228 g/mol. The molecule has 1 aromatic heterocycles. The summed E-state index contributed by atoms with van der Waals surface area (Å²) >= 11 is 0. The van der Waals surface area contributed by atoms with Crippen molar-refractivity contribution in [2.45, 2.75) is 26.8 Å². The average Bonchev–Trinajstić information content (AvgIpc) is 2.78. The van der Waals surface area contributed by atoms with E-state index < -0.39 is 0 Å². The van der Waals surface area contributed by atoms with Crippen LogP contribution in [0.3, 0.4) is 0 Å². The SMILES string of the molecule is CCCn1nccc1C(=O)c1ccc(C)cc1. The Kier molecular flexibility index (Phi) is 3.38. The van der Waals surface area contributed by atoms with Crippen molar-refractivity contribution in [3.63, 3.8) is 0 Å². The molecule has 0 aliphatic carbocycles. The molecule has 0 fully saturated rings. The Balaban J connectivity index is 2.30.